The van der Waals surface area contributed by atoms with Crippen molar-refractivity contribution in [3.63, 3.8) is 0 Å². The van der Waals surface area contributed by atoms with Crippen molar-refractivity contribution in [2.45, 2.75) is 6.18 Å². The molecule has 3 rings (SSSR count). The summed E-state index contributed by atoms with van der Waals surface area (Å²) in [5, 5.41) is 3.81. The zero-order valence-electron chi connectivity index (χ0n) is 16.4. The van der Waals surface area contributed by atoms with Crippen molar-refractivity contribution >= 4 is 11.3 Å². The van der Waals surface area contributed by atoms with Gasteiger partial charge in [0.25, 0.3) is 11.4 Å². The third kappa shape index (κ3) is 4.79. The average Bonchev–Trinajstić information content (AvgIpc) is 3.22. The molecule has 0 bridgehead atoms. The maximum absolute atomic E-state index is 12.6. The van der Waals surface area contributed by atoms with Gasteiger partial charge in [-0.2, -0.15) is 18.2 Å². The van der Waals surface area contributed by atoms with E-state index in [4.69, 9.17) is 15.0 Å². The van der Waals surface area contributed by atoms with Crippen LogP contribution in [0.25, 0.3) is 17.0 Å². The molecular weight excluding hydrogens is 417 g/mol. The van der Waals surface area contributed by atoms with Gasteiger partial charge in [-0.15, -0.1) is 0 Å². The van der Waals surface area contributed by atoms with E-state index in [1.807, 2.05) is 0 Å². The van der Waals surface area contributed by atoms with Crippen molar-refractivity contribution in [3.8, 4) is 17.3 Å². The van der Waals surface area contributed by atoms with E-state index in [0.717, 1.165) is 12.1 Å². The zero-order valence-corrected chi connectivity index (χ0v) is 16.4. The van der Waals surface area contributed by atoms with Crippen molar-refractivity contribution in [2.24, 2.45) is 17.8 Å². The number of halogens is 3. The molecule has 0 saturated carbocycles. The first-order valence-corrected chi connectivity index (χ1v) is 8.78. The maximum Gasteiger partial charge on any atom is 0.417 e. The Bertz CT molecular complexity index is 1180. The number of aryl methyl sites for hydroxylation is 1. The Labute approximate surface area is 173 Å². The van der Waals surface area contributed by atoms with Gasteiger partial charge in [-0.25, -0.2) is 4.98 Å². The van der Waals surface area contributed by atoms with Crippen LogP contribution in [0, 0.1) is 0 Å². The van der Waals surface area contributed by atoms with Gasteiger partial charge in [0.1, 0.15) is 6.61 Å². The third-order valence-corrected chi connectivity index (χ3v) is 4.19. The van der Waals surface area contributed by atoms with E-state index in [2.05, 4.69) is 20.1 Å². The predicted octanol–water partition coefficient (Wildman–Crippen LogP) is 2.30. The fraction of sp³-hybridized carbons (Fsp3) is 0.211. The number of pyridine rings is 2. The summed E-state index contributed by atoms with van der Waals surface area (Å²) in [7, 11) is 3.05. The van der Waals surface area contributed by atoms with Crippen molar-refractivity contribution in [1.29, 1.82) is 0 Å². The molecule has 3 heterocycles. The Balaban J connectivity index is 1.78. The number of ether oxygens (including phenoxy) is 1. The molecule has 0 spiro atoms. The first-order chi connectivity index (χ1) is 14.7. The highest BCUT2D eigenvalue weighted by Crippen LogP contribution is 2.29. The summed E-state index contributed by atoms with van der Waals surface area (Å²) in [6.07, 6.45) is -1.06. The van der Waals surface area contributed by atoms with Gasteiger partial charge in [0, 0.05) is 38.8 Å². The van der Waals surface area contributed by atoms with Crippen LogP contribution in [0.3, 0.4) is 0 Å². The van der Waals surface area contributed by atoms with Gasteiger partial charge in [-0.3, -0.25) is 9.79 Å². The lowest BCUT2D eigenvalue weighted by Crippen LogP contribution is -2.18. The van der Waals surface area contributed by atoms with Gasteiger partial charge in [0.15, 0.2) is 0 Å². The van der Waals surface area contributed by atoms with Crippen LogP contribution in [0.2, 0.25) is 0 Å². The molecule has 162 valence electrons. The molecule has 2 N–H and O–H groups in total. The van der Waals surface area contributed by atoms with Crippen molar-refractivity contribution in [2.75, 3.05) is 13.7 Å². The van der Waals surface area contributed by atoms with Gasteiger partial charge in [-0.1, -0.05) is 5.16 Å². The first-order valence-electron chi connectivity index (χ1n) is 8.78. The van der Waals surface area contributed by atoms with Crippen molar-refractivity contribution in [1.82, 2.24) is 19.7 Å². The number of nitrogens with zero attached hydrogens (tertiary/aromatic N) is 5. The number of rotatable bonds is 6. The third-order valence-electron chi connectivity index (χ3n) is 4.19. The lowest BCUT2D eigenvalue weighted by Gasteiger charge is -2.10. The topological polar surface area (TPSA) is 121 Å². The Hall–Kier alpha value is -3.96. The zero-order chi connectivity index (χ0) is 22.6. The van der Waals surface area contributed by atoms with E-state index in [1.165, 1.54) is 17.8 Å². The molecule has 0 atom stereocenters. The van der Waals surface area contributed by atoms with E-state index in [-0.39, 0.29) is 46.6 Å². The fourth-order valence-electron chi connectivity index (χ4n) is 2.54. The van der Waals surface area contributed by atoms with Crippen LogP contribution in [-0.4, -0.2) is 39.1 Å². The van der Waals surface area contributed by atoms with Crippen LogP contribution >= 0.6 is 0 Å². The minimum Gasteiger partial charge on any atom is -0.471 e. The molecule has 0 aliphatic carbocycles. The Morgan fingerprint density at radius 1 is 1.35 bits per heavy atom. The number of nitrogens with two attached hydrogens (primary N) is 1. The number of aromatic nitrogens is 4. The molecule has 12 heteroatoms. The second-order valence-electron chi connectivity index (χ2n) is 6.18. The molecular formula is C19H17F3N6O3. The summed E-state index contributed by atoms with van der Waals surface area (Å²) in [6.45, 7) is -0.178. The lowest BCUT2D eigenvalue weighted by molar-refractivity contribution is -0.137. The Kier molecular flexibility index (Phi) is 6.18. The molecule has 0 saturated heterocycles. The highest BCUT2D eigenvalue weighted by Gasteiger charge is 2.30. The van der Waals surface area contributed by atoms with Crippen LogP contribution in [0.15, 0.2) is 57.2 Å². The van der Waals surface area contributed by atoms with E-state index in [0.29, 0.717) is 6.20 Å². The van der Waals surface area contributed by atoms with Gasteiger partial charge in [0.2, 0.25) is 11.7 Å². The molecule has 3 aromatic rings. The van der Waals surface area contributed by atoms with Crippen LogP contribution in [0.4, 0.5) is 13.2 Å². The van der Waals surface area contributed by atoms with E-state index < -0.39 is 11.7 Å². The fourth-order valence-corrected chi connectivity index (χ4v) is 2.54. The van der Waals surface area contributed by atoms with E-state index in [1.54, 1.807) is 25.4 Å². The summed E-state index contributed by atoms with van der Waals surface area (Å²) in [5.74, 6) is 0.0221. The second kappa shape index (κ2) is 8.81. The second-order valence-corrected chi connectivity index (χ2v) is 6.18. The quantitative estimate of drug-likeness (QED) is 0.591. The first kappa shape index (κ1) is 21.7. The van der Waals surface area contributed by atoms with Crippen LogP contribution in [-0.2, 0) is 13.2 Å². The molecule has 0 fully saturated rings. The van der Waals surface area contributed by atoms with Crippen LogP contribution in [0.5, 0.6) is 5.88 Å². The minimum atomic E-state index is -4.49. The molecule has 0 aromatic carbocycles. The van der Waals surface area contributed by atoms with Gasteiger partial charge in [-0.05, 0) is 18.2 Å². The molecule has 9 nitrogen and oxygen atoms in total. The summed E-state index contributed by atoms with van der Waals surface area (Å²) < 4.78 is 49.9. The average molecular weight is 434 g/mol. The minimum absolute atomic E-state index is 0.00650. The van der Waals surface area contributed by atoms with Crippen molar-refractivity contribution in [3.05, 3.63) is 64.7 Å². The Morgan fingerprint density at radius 3 is 2.74 bits per heavy atom. The molecule has 0 radical (unpaired) electrons. The standard InChI is InChI=1S/C19H17F3N6O3/c1-24-14(10-30-15-6-5-11(9-25-15)19(20,21)22)13(8-23)17-26-16(27-31-17)12-4-3-7-28(2)18(12)29/h3-9H,10,23H2,1-2H3/b13-8+,24-14?. The number of aliphatic imine (C=N–C) groups is 1. The molecule has 3 aromatic heterocycles. The van der Waals surface area contributed by atoms with Crippen LogP contribution < -0.4 is 16.0 Å². The summed E-state index contributed by atoms with van der Waals surface area (Å²) in [5.41, 5.74) is 5.23. The summed E-state index contributed by atoms with van der Waals surface area (Å²) >= 11 is 0. The Morgan fingerprint density at radius 2 is 2.13 bits per heavy atom. The van der Waals surface area contributed by atoms with E-state index in [9.17, 15) is 18.0 Å². The largest absolute Gasteiger partial charge is 0.471 e. The van der Waals surface area contributed by atoms with Crippen molar-refractivity contribution < 1.29 is 22.4 Å². The number of hydrogen-bond acceptors (Lipinski definition) is 8. The molecule has 0 aliphatic rings. The van der Waals surface area contributed by atoms with E-state index >= 15 is 0 Å². The molecule has 0 aliphatic heterocycles. The smallest absolute Gasteiger partial charge is 0.417 e. The summed E-state index contributed by atoms with van der Waals surface area (Å²) in [6, 6.07) is 5.17. The van der Waals surface area contributed by atoms with Gasteiger partial charge in [0.05, 0.1) is 22.4 Å². The maximum atomic E-state index is 12.6. The monoisotopic (exact) mass is 434 g/mol. The van der Waals surface area contributed by atoms with Gasteiger partial charge >= 0.3 is 6.18 Å². The highest BCUT2D eigenvalue weighted by atomic mass is 19.4. The van der Waals surface area contributed by atoms with Crippen LogP contribution in [0.1, 0.15) is 11.5 Å². The molecule has 0 amide bonds. The normalized spacial score (nSPS) is 12.8. The highest BCUT2D eigenvalue weighted by molar-refractivity contribution is 6.23. The van der Waals surface area contributed by atoms with Gasteiger partial charge < -0.3 is 19.6 Å². The molecule has 31 heavy (non-hydrogen) atoms. The number of alkyl halides is 3. The molecule has 0 unspecified atom stereocenters. The lowest BCUT2D eigenvalue weighted by atomic mass is 10.1. The SMILES string of the molecule is CN=C(COc1ccc(C(F)(F)F)cn1)/C(=C\N)c1nc(-c2cccn(C)c2=O)no1. The number of hydrogen-bond donors (Lipinski definition) is 1. The predicted molar refractivity (Wildman–Crippen MR) is 105 cm³/mol. The summed E-state index contributed by atoms with van der Waals surface area (Å²) in [4.78, 5) is 24.1.